The number of rotatable bonds is 3. The number of phenolic OH excluding ortho intramolecular Hbond substituents is 1. The molecule has 3 N–H and O–H groups in total. The van der Waals surface area contributed by atoms with E-state index in [1.807, 2.05) is 0 Å². The molecule has 5 heteroatoms. The van der Waals surface area contributed by atoms with Gasteiger partial charge in [-0.2, -0.15) is 0 Å². The Kier molecular flexibility index (Phi) is 3.93. The highest BCUT2D eigenvalue weighted by Crippen LogP contribution is 2.22. The number of amides is 1. The smallest absolute Gasteiger partial charge is 0.255 e. The quantitative estimate of drug-likeness (QED) is 0.792. The normalized spacial score (nSPS) is 11.2. The number of carbonyl (C=O) groups is 1. The fraction of sp³-hybridized carbons (Fsp3) is 0.364. The SMILES string of the molecule is CC(C)(O)CNC(=O)c1ccc(Br)cc1O. The summed E-state index contributed by atoms with van der Waals surface area (Å²) in [6.45, 7) is 3.31. The van der Waals surface area contributed by atoms with Gasteiger partial charge in [0.25, 0.3) is 5.91 Å². The van der Waals surface area contributed by atoms with Gasteiger partial charge in [-0.15, -0.1) is 0 Å². The lowest BCUT2D eigenvalue weighted by atomic mass is 10.1. The Balaban J connectivity index is 2.74. The van der Waals surface area contributed by atoms with Crippen LogP contribution in [0.25, 0.3) is 0 Å². The average molecular weight is 288 g/mol. The third-order valence-electron chi connectivity index (χ3n) is 1.89. The predicted molar refractivity (Wildman–Crippen MR) is 64.4 cm³/mol. The van der Waals surface area contributed by atoms with E-state index in [-0.39, 0.29) is 17.9 Å². The van der Waals surface area contributed by atoms with Crippen molar-refractivity contribution in [1.29, 1.82) is 0 Å². The molecule has 1 amide bonds. The van der Waals surface area contributed by atoms with Gasteiger partial charge in [0, 0.05) is 11.0 Å². The number of halogens is 1. The van der Waals surface area contributed by atoms with Gasteiger partial charge in [0.15, 0.2) is 0 Å². The van der Waals surface area contributed by atoms with Crippen molar-refractivity contribution < 1.29 is 15.0 Å². The summed E-state index contributed by atoms with van der Waals surface area (Å²) in [5.41, 5.74) is -0.784. The van der Waals surface area contributed by atoms with Crippen molar-refractivity contribution in [2.24, 2.45) is 0 Å². The maximum Gasteiger partial charge on any atom is 0.255 e. The van der Waals surface area contributed by atoms with Crippen LogP contribution in [0, 0.1) is 0 Å². The number of nitrogens with one attached hydrogen (secondary N) is 1. The van der Waals surface area contributed by atoms with Crippen LogP contribution in [0.2, 0.25) is 0 Å². The fourth-order valence-electron chi connectivity index (χ4n) is 1.09. The van der Waals surface area contributed by atoms with Crippen molar-refractivity contribution in [1.82, 2.24) is 5.32 Å². The first-order valence-corrected chi connectivity index (χ1v) is 5.58. The summed E-state index contributed by atoms with van der Waals surface area (Å²) in [4.78, 5) is 11.6. The highest BCUT2D eigenvalue weighted by atomic mass is 79.9. The third kappa shape index (κ3) is 3.83. The first-order valence-electron chi connectivity index (χ1n) is 4.79. The molecular formula is C11H14BrNO3. The number of phenols is 1. The van der Waals surface area contributed by atoms with Gasteiger partial charge >= 0.3 is 0 Å². The number of hydrogen-bond donors (Lipinski definition) is 3. The van der Waals surface area contributed by atoms with Gasteiger partial charge in [0.1, 0.15) is 5.75 Å². The van der Waals surface area contributed by atoms with Crippen LogP contribution in [0.15, 0.2) is 22.7 Å². The lowest BCUT2D eigenvalue weighted by Crippen LogP contribution is -2.38. The van der Waals surface area contributed by atoms with E-state index >= 15 is 0 Å². The molecule has 0 atom stereocenters. The van der Waals surface area contributed by atoms with Gasteiger partial charge in [-0.05, 0) is 32.0 Å². The van der Waals surface area contributed by atoms with Crippen molar-refractivity contribution in [3.8, 4) is 5.75 Å². The lowest BCUT2D eigenvalue weighted by Gasteiger charge is -2.17. The number of aromatic hydroxyl groups is 1. The molecule has 0 heterocycles. The standard InChI is InChI=1S/C11H14BrNO3/c1-11(2,16)6-13-10(15)8-4-3-7(12)5-9(8)14/h3-5,14,16H,6H2,1-2H3,(H,13,15). The van der Waals surface area contributed by atoms with Crippen LogP contribution in [0.1, 0.15) is 24.2 Å². The van der Waals surface area contributed by atoms with Crippen LogP contribution in [-0.4, -0.2) is 28.3 Å². The first kappa shape index (κ1) is 13.0. The molecule has 0 spiro atoms. The molecule has 16 heavy (non-hydrogen) atoms. The van der Waals surface area contributed by atoms with E-state index in [4.69, 9.17) is 0 Å². The van der Waals surface area contributed by atoms with Crippen LogP contribution >= 0.6 is 15.9 Å². The molecule has 0 saturated carbocycles. The predicted octanol–water partition coefficient (Wildman–Crippen LogP) is 1.66. The maximum atomic E-state index is 11.6. The van der Waals surface area contributed by atoms with Gasteiger partial charge in [-0.25, -0.2) is 0 Å². The first-order chi connectivity index (χ1) is 7.29. The zero-order chi connectivity index (χ0) is 12.3. The second-order valence-corrected chi connectivity index (χ2v) is 5.07. The minimum atomic E-state index is -0.972. The van der Waals surface area contributed by atoms with E-state index in [9.17, 15) is 15.0 Å². The Bertz CT molecular complexity index is 399. The largest absolute Gasteiger partial charge is 0.507 e. The zero-order valence-corrected chi connectivity index (χ0v) is 10.7. The molecule has 0 aliphatic rings. The summed E-state index contributed by atoms with van der Waals surface area (Å²) in [7, 11) is 0. The van der Waals surface area contributed by atoms with E-state index in [1.165, 1.54) is 12.1 Å². The third-order valence-corrected chi connectivity index (χ3v) is 2.38. The number of aliphatic hydroxyl groups is 1. The van der Waals surface area contributed by atoms with E-state index in [1.54, 1.807) is 19.9 Å². The molecule has 1 aromatic carbocycles. The molecule has 88 valence electrons. The van der Waals surface area contributed by atoms with Crippen molar-refractivity contribution in [2.45, 2.75) is 19.4 Å². The monoisotopic (exact) mass is 287 g/mol. The highest BCUT2D eigenvalue weighted by Gasteiger charge is 2.16. The molecule has 0 aromatic heterocycles. The van der Waals surface area contributed by atoms with Crippen LogP contribution in [0.3, 0.4) is 0 Å². The minimum Gasteiger partial charge on any atom is -0.507 e. The van der Waals surface area contributed by atoms with Gasteiger partial charge in [0.05, 0.1) is 11.2 Å². The van der Waals surface area contributed by atoms with Crippen LogP contribution in [0.5, 0.6) is 5.75 Å². The van der Waals surface area contributed by atoms with E-state index < -0.39 is 11.5 Å². The van der Waals surface area contributed by atoms with Gasteiger partial charge < -0.3 is 15.5 Å². The molecule has 0 fully saturated rings. The summed E-state index contributed by atoms with van der Waals surface area (Å²) in [6, 6.07) is 4.62. The molecule has 1 aromatic rings. The second-order valence-electron chi connectivity index (χ2n) is 4.16. The number of benzene rings is 1. The minimum absolute atomic E-state index is 0.0948. The molecule has 0 unspecified atom stereocenters. The Hall–Kier alpha value is -1.07. The molecule has 0 aliphatic heterocycles. The van der Waals surface area contributed by atoms with Gasteiger partial charge in [-0.3, -0.25) is 4.79 Å². The van der Waals surface area contributed by atoms with Gasteiger partial charge in [0.2, 0.25) is 0 Å². The Labute approximate surface area is 102 Å². The molecule has 0 saturated heterocycles. The number of carbonyl (C=O) groups excluding carboxylic acids is 1. The zero-order valence-electron chi connectivity index (χ0n) is 9.12. The fourth-order valence-corrected chi connectivity index (χ4v) is 1.44. The second kappa shape index (κ2) is 4.84. The van der Waals surface area contributed by atoms with Crippen molar-refractivity contribution >= 4 is 21.8 Å². The lowest BCUT2D eigenvalue weighted by molar-refractivity contribution is 0.0693. The van der Waals surface area contributed by atoms with Crippen LogP contribution < -0.4 is 5.32 Å². The summed E-state index contributed by atoms with van der Waals surface area (Å²) >= 11 is 3.18. The summed E-state index contributed by atoms with van der Waals surface area (Å²) < 4.78 is 0.698. The maximum absolute atomic E-state index is 11.6. The van der Waals surface area contributed by atoms with E-state index in [0.29, 0.717) is 4.47 Å². The van der Waals surface area contributed by atoms with Crippen molar-refractivity contribution in [2.75, 3.05) is 6.54 Å². The molecule has 0 radical (unpaired) electrons. The number of hydrogen-bond acceptors (Lipinski definition) is 3. The van der Waals surface area contributed by atoms with Crippen molar-refractivity contribution in [3.05, 3.63) is 28.2 Å². The van der Waals surface area contributed by atoms with Crippen LogP contribution in [-0.2, 0) is 0 Å². The molecule has 4 nitrogen and oxygen atoms in total. The van der Waals surface area contributed by atoms with E-state index in [0.717, 1.165) is 0 Å². The Morgan fingerprint density at radius 2 is 2.12 bits per heavy atom. The Morgan fingerprint density at radius 3 is 2.62 bits per heavy atom. The Morgan fingerprint density at radius 1 is 1.50 bits per heavy atom. The topological polar surface area (TPSA) is 69.6 Å². The van der Waals surface area contributed by atoms with Crippen LogP contribution in [0.4, 0.5) is 0 Å². The molecule has 1 rings (SSSR count). The van der Waals surface area contributed by atoms with Crippen molar-refractivity contribution in [3.63, 3.8) is 0 Å². The molecule has 0 aliphatic carbocycles. The van der Waals surface area contributed by atoms with Gasteiger partial charge in [-0.1, -0.05) is 15.9 Å². The summed E-state index contributed by atoms with van der Waals surface area (Å²) in [5, 5.41) is 21.5. The summed E-state index contributed by atoms with van der Waals surface area (Å²) in [6.07, 6.45) is 0. The van der Waals surface area contributed by atoms with E-state index in [2.05, 4.69) is 21.2 Å². The average Bonchev–Trinajstić information content (AvgIpc) is 2.13. The summed E-state index contributed by atoms with van der Waals surface area (Å²) in [5.74, 6) is -0.505. The highest BCUT2D eigenvalue weighted by molar-refractivity contribution is 9.10. The molecule has 0 bridgehead atoms. The molecular weight excluding hydrogens is 274 g/mol.